The van der Waals surface area contributed by atoms with Crippen LogP contribution in [0.1, 0.15) is 28.2 Å². The molecule has 0 spiro atoms. The number of rotatable bonds is 5. The summed E-state index contributed by atoms with van der Waals surface area (Å²) in [5.74, 6) is 1.43. The average molecular weight is 389 g/mol. The van der Waals surface area contributed by atoms with E-state index in [1.165, 1.54) is 0 Å². The van der Waals surface area contributed by atoms with Crippen molar-refractivity contribution in [3.8, 4) is 5.75 Å². The molecular formula is C23H23N3O3. The molecule has 0 radical (unpaired) electrons. The summed E-state index contributed by atoms with van der Waals surface area (Å²) in [5.41, 5.74) is 3.21. The van der Waals surface area contributed by atoms with Crippen molar-refractivity contribution in [1.29, 1.82) is 0 Å². The van der Waals surface area contributed by atoms with Gasteiger partial charge in [0.25, 0.3) is 5.56 Å². The molecule has 1 amide bonds. The first-order valence-corrected chi connectivity index (χ1v) is 9.68. The highest BCUT2D eigenvalue weighted by Crippen LogP contribution is 2.18. The van der Waals surface area contributed by atoms with E-state index in [0.29, 0.717) is 43.7 Å². The van der Waals surface area contributed by atoms with Crippen molar-refractivity contribution in [1.82, 2.24) is 14.9 Å². The van der Waals surface area contributed by atoms with Gasteiger partial charge in [-0.05, 0) is 23.3 Å². The van der Waals surface area contributed by atoms with Gasteiger partial charge in [-0.25, -0.2) is 4.98 Å². The van der Waals surface area contributed by atoms with Crippen LogP contribution < -0.4 is 10.3 Å². The molecule has 0 fully saturated rings. The monoisotopic (exact) mass is 389 g/mol. The Kier molecular flexibility index (Phi) is 5.42. The maximum atomic E-state index is 12.7. The van der Waals surface area contributed by atoms with Gasteiger partial charge in [-0.1, -0.05) is 42.5 Å². The van der Waals surface area contributed by atoms with E-state index >= 15 is 0 Å². The van der Waals surface area contributed by atoms with Crippen molar-refractivity contribution in [3.05, 3.63) is 93.2 Å². The molecule has 3 aromatic rings. The molecule has 1 aromatic heterocycles. The third-order valence-electron chi connectivity index (χ3n) is 5.17. The predicted molar refractivity (Wildman–Crippen MR) is 110 cm³/mol. The minimum absolute atomic E-state index is 0.0294. The quantitative estimate of drug-likeness (QED) is 0.728. The summed E-state index contributed by atoms with van der Waals surface area (Å²) in [4.78, 5) is 34.6. The SMILES string of the molecule is COc1cccc(Cc2nc3c(c(=O)[nH]2)CN(C(=O)Cc2ccccc2)CC3)c1. The molecule has 1 aliphatic heterocycles. The Bertz CT molecular complexity index is 1080. The highest BCUT2D eigenvalue weighted by atomic mass is 16.5. The molecular weight excluding hydrogens is 366 g/mol. The van der Waals surface area contributed by atoms with Crippen LogP contribution in [0.25, 0.3) is 0 Å². The normalized spacial score (nSPS) is 13.1. The summed E-state index contributed by atoms with van der Waals surface area (Å²) < 4.78 is 5.25. The predicted octanol–water partition coefficient (Wildman–Crippen LogP) is 2.50. The fourth-order valence-electron chi connectivity index (χ4n) is 3.63. The molecule has 0 aliphatic carbocycles. The van der Waals surface area contributed by atoms with E-state index in [1.54, 1.807) is 12.0 Å². The molecule has 6 heteroatoms. The first-order valence-electron chi connectivity index (χ1n) is 9.68. The molecule has 2 aromatic carbocycles. The molecule has 1 aliphatic rings. The number of aromatic amines is 1. The van der Waals surface area contributed by atoms with Gasteiger partial charge in [0.1, 0.15) is 11.6 Å². The van der Waals surface area contributed by atoms with Crippen LogP contribution in [-0.2, 0) is 30.6 Å². The standard InChI is InChI=1S/C23H23N3O3/c1-29-18-9-5-8-17(12-18)13-21-24-20-10-11-26(15-19(20)23(28)25-21)22(27)14-16-6-3-2-4-7-16/h2-9,12H,10-11,13-15H2,1H3,(H,24,25,28). The van der Waals surface area contributed by atoms with Crippen LogP contribution in [0, 0.1) is 0 Å². The largest absolute Gasteiger partial charge is 0.497 e. The zero-order chi connectivity index (χ0) is 20.2. The van der Waals surface area contributed by atoms with Gasteiger partial charge in [0.05, 0.1) is 31.3 Å². The van der Waals surface area contributed by atoms with Crippen LogP contribution in [0.5, 0.6) is 5.75 Å². The second-order valence-electron chi connectivity index (χ2n) is 7.19. The van der Waals surface area contributed by atoms with Gasteiger partial charge in [-0.3, -0.25) is 9.59 Å². The fraction of sp³-hybridized carbons (Fsp3) is 0.261. The molecule has 4 rings (SSSR count). The number of nitrogens with zero attached hydrogens (tertiary/aromatic N) is 2. The molecule has 0 bridgehead atoms. The molecule has 6 nitrogen and oxygen atoms in total. The van der Waals surface area contributed by atoms with Gasteiger partial charge in [0.2, 0.25) is 5.91 Å². The van der Waals surface area contributed by atoms with Crippen LogP contribution in [-0.4, -0.2) is 34.4 Å². The second kappa shape index (κ2) is 8.31. The summed E-state index contributed by atoms with van der Waals surface area (Å²) in [6.07, 6.45) is 1.46. The van der Waals surface area contributed by atoms with Crippen molar-refractivity contribution in [2.45, 2.75) is 25.8 Å². The third kappa shape index (κ3) is 4.37. The Labute approximate surface area is 169 Å². The number of ether oxygens (including phenoxy) is 1. The minimum Gasteiger partial charge on any atom is -0.497 e. The smallest absolute Gasteiger partial charge is 0.256 e. The number of carbonyl (C=O) groups excluding carboxylic acids is 1. The van der Waals surface area contributed by atoms with Gasteiger partial charge in [-0.15, -0.1) is 0 Å². The number of fused-ring (bicyclic) bond motifs is 1. The van der Waals surface area contributed by atoms with E-state index in [0.717, 1.165) is 22.6 Å². The third-order valence-corrected chi connectivity index (χ3v) is 5.17. The van der Waals surface area contributed by atoms with Crippen molar-refractivity contribution in [2.24, 2.45) is 0 Å². The van der Waals surface area contributed by atoms with Crippen LogP contribution in [0.3, 0.4) is 0 Å². The van der Waals surface area contributed by atoms with Crippen LogP contribution in [0.15, 0.2) is 59.4 Å². The van der Waals surface area contributed by atoms with Crippen molar-refractivity contribution >= 4 is 5.91 Å². The van der Waals surface area contributed by atoms with Gasteiger partial charge >= 0.3 is 0 Å². The number of hydrogen-bond donors (Lipinski definition) is 1. The number of carbonyl (C=O) groups is 1. The number of H-pyrrole nitrogens is 1. The maximum absolute atomic E-state index is 12.7. The first-order chi connectivity index (χ1) is 14.1. The Morgan fingerprint density at radius 3 is 2.72 bits per heavy atom. The van der Waals surface area contributed by atoms with Crippen LogP contribution in [0.2, 0.25) is 0 Å². The lowest BCUT2D eigenvalue weighted by atomic mass is 10.0. The number of hydrogen-bond acceptors (Lipinski definition) is 4. The molecule has 0 unspecified atom stereocenters. The van der Waals surface area contributed by atoms with E-state index in [2.05, 4.69) is 9.97 Å². The molecule has 0 saturated carbocycles. The van der Waals surface area contributed by atoms with E-state index < -0.39 is 0 Å². The van der Waals surface area contributed by atoms with Crippen molar-refractivity contribution in [2.75, 3.05) is 13.7 Å². The van der Waals surface area contributed by atoms with Gasteiger partial charge < -0.3 is 14.6 Å². The first kappa shape index (κ1) is 18.9. The Morgan fingerprint density at radius 2 is 1.93 bits per heavy atom. The number of nitrogens with one attached hydrogen (secondary N) is 1. The zero-order valence-electron chi connectivity index (χ0n) is 16.4. The molecule has 29 heavy (non-hydrogen) atoms. The second-order valence-corrected chi connectivity index (χ2v) is 7.19. The summed E-state index contributed by atoms with van der Waals surface area (Å²) in [6, 6.07) is 17.4. The minimum atomic E-state index is -0.162. The van der Waals surface area contributed by atoms with Crippen LogP contribution >= 0.6 is 0 Å². The van der Waals surface area contributed by atoms with Crippen molar-refractivity contribution < 1.29 is 9.53 Å². The van der Waals surface area contributed by atoms with E-state index in [4.69, 9.17) is 4.74 Å². The van der Waals surface area contributed by atoms with Crippen LogP contribution in [0.4, 0.5) is 0 Å². The Morgan fingerprint density at radius 1 is 1.14 bits per heavy atom. The average Bonchev–Trinajstić information content (AvgIpc) is 2.74. The molecule has 0 saturated heterocycles. The van der Waals surface area contributed by atoms with Gasteiger partial charge in [0.15, 0.2) is 0 Å². The zero-order valence-corrected chi connectivity index (χ0v) is 16.4. The fourth-order valence-corrected chi connectivity index (χ4v) is 3.63. The topological polar surface area (TPSA) is 75.3 Å². The van der Waals surface area contributed by atoms with E-state index in [-0.39, 0.29) is 11.5 Å². The molecule has 1 N–H and O–H groups in total. The molecule has 0 atom stereocenters. The summed E-state index contributed by atoms with van der Waals surface area (Å²) in [7, 11) is 1.63. The molecule has 148 valence electrons. The lowest BCUT2D eigenvalue weighted by Crippen LogP contribution is -2.40. The molecule has 2 heterocycles. The number of amides is 1. The van der Waals surface area contributed by atoms with E-state index in [9.17, 15) is 9.59 Å². The maximum Gasteiger partial charge on any atom is 0.256 e. The number of aromatic nitrogens is 2. The highest BCUT2D eigenvalue weighted by Gasteiger charge is 2.24. The lowest BCUT2D eigenvalue weighted by molar-refractivity contribution is -0.131. The van der Waals surface area contributed by atoms with Crippen molar-refractivity contribution in [3.63, 3.8) is 0 Å². The number of methoxy groups -OCH3 is 1. The highest BCUT2D eigenvalue weighted by molar-refractivity contribution is 5.79. The Hall–Kier alpha value is -3.41. The number of benzene rings is 2. The summed E-state index contributed by atoms with van der Waals surface area (Å²) in [6.45, 7) is 0.885. The van der Waals surface area contributed by atoms with E-state index in [1.807, 2.05) is 54.6 Å². The van der Waals surface area contributed by atoms with Gasteiger partial charge in [-0.2, -0.15) is 0 Å². The van der Waals surface area contributed by atoms with Gasteiger partial charge in [0, 0.05) is 19.4 Å². The Balaban J connectivity index is 1.49. The summed E-state index contributed by atoms with van der Waals surface area (Å²) >= 11 is 0. The lowest BCUT2D eigenvalue weighted by Gasteiger charge is -2.28. The summed E-state index contributed by atoms with van der Waals surface area (Å²) in [5, 5.41) is 0.